The first-order valence-corrected chi connectivity index (χ1v) is 5.55. The van der Waals surface area contributed by atoms with Gasteiger partial charge >= 0.3 is 0 Å². The van der Waals surface area contributed by atoms with Crippen molar-refractivity contribution in [2.45, 2.75) is 26.8 Å². The fourth-order valence-electron chi connectivity index (χ4n) is 1.85. The molecule has 0 aliphatic carbocycles. The third kappa shape index (κ3) is 2.08. The first-order valence-electron chi connectivity index (χ1n) is 5.55. The van der Waals surface area contributed by atoms with Crippen molar-refractivity contribution in [3.8, 4) is 0 Å². The number of hydrogen-bond donors (Lipinski definition) is 1. The molecule has 2 aromatic rings. The number of nitrogens with zero attached hydrogens (tertiary/aromatic N) is 2. The van der Waals surface area contributed by atoms with E-state index in [-0.39, 0.29) is 0 Å². The monoisotopic (exact) mass is 215 g/mol. The summed E-state index contributed by atoms with van der Waals surface area (Å²) >= 11 is 0. The zero-order valence-corrected chi connectivity index (χ0v) is 9.77. The van der Waals surface area contributed by atoms with Crippen LogP contribution in [0, 0.1) is 6.92 Å². The second-order valence-electron chi connectivity index (χ2n) is 3.99. The van der Waals surface area contributed by atoms with Crippen molar-refractivity contribution in [1.29, 1.82) is 0 Å². The highest BCUT2D eigenvalue weighted by atomic mass is 15.0. The second kappa shape index (κ2) is 4.39. The van der Waals surface area contributed by atoms with Gasteiger partial charge in [0.1, 0.15) is 5.82 Å². The lowest BCUT2D eigenvalue weighted by Crippen LogP contribution is -2.03. The lowest BCUT2D eigenvalue weighted by atomic mass is 10.0. The van der Waals surface area contributed by atoms with E-state index < -0.39 is 0 Å². The Labute approximate surface area is 95.9 Å². The van der Waals surface area contributed by atoms with E-state index in [0.29, 0.717) is 0 Å². The highest BCUT2D eigenvalue weighted by Gasteiger charge is 2.05. The summed E-state index contributed by atoms with van der Waals surface area (Å²) in [5.74, 6) is 1.09. The average Bonchev–Trinajstić information content (AvgIpc) is 2.71. The van der Waals surface area contributed by atoms with Crippen LogP contribution in [0.2, 0.25) is 0 Å². The van der Waals surface area contributed by atoms with Gasteiger partial charge in [0.15, 0.2) is 0 Å². The van der Waals surface area contributed by atoms with E-state index in [1.807, 2.05) is 24.5 Å². The van der Waals surface area contributed by atoms with Crippen LogP contribution in [0.3, 0.4) is 0 Å². The molecule has 0 spiro atoms. The van der Waals surface area contributed by atoms with Crippen molar-refractivity contribution in [2.75, 3.05) is 5.73 Å². The van der Waals surface area contributed by atoms with Gasteiger partial charge in [-0.3, -0.25) is 0 Å². The van der Waals surface area contributed by atoms with E-state index >= 15 is 0 Å². The molecule has 0 unspecified atom stereocenters. The third-order valence-corrected chi connectivity index (χ3v) is 2.86. The molecule has 0 saturated heterocycles. The summed E-state index contributed by atoms with van der Waals surface area (Å²) in [4.78, 5) is 4.38. The van der Waals surface area contributed by atoms with Gasteiger partial charge in [0, 0.05) is 31.0 Å². The Kier molecular flexibility index (Phi) is 2.95. The molecule has 0 bridgehead atoms. The fourth-order valence-corrected chi connectivity index (χ4v) is 1.85. The van der Waals surface area contributed by atoms with Gasteiger partial charge in [-0.25, -0.2) is 4.98 Å². The van der Waals surface area contributed by atoms with Crippen LogP contribution in [0.4, 0.5) is 5.69 Å². The van der Waals surface area contributed by atoms with Crippen LogP contribution in [0.5, 0.6) is 0 Å². The van der Waals surface area contributed by atoms with Crippen LogP contribution in [-0.4, -0.2) is 9.55 Å². The molecule has 0 aliphatic heterocycles. The molecule has 0 amide bonds. The molecule has 3 heteroatoms. The van der Waals surface area contributed by atoms with Crippen LogP contribution in [0.15, 0.2) is 30.6 Å². The normalized spacial score (nSPS) is 10.6. The molecular formula is C13H17N3. The van der Waals surface area contributed by atoms with E-state index in [9.17, 15) is 0 Å². The van der Waals surface area contributed by atoms with Crippen LogP contribution in [0.1, 0.15) is 23.9 Å². The molecule has 0 saturated carbocycles. The number of benzene rings is 1. The summed E-state index contributed by atoms with van der Waals surface area (Å²) < 4.78 is 2.16. The van der Waals surface area contributed by atoms with E-state index in [2.05, 4.69) is 29.5 Å². The maximum Gasteiger partial charge on any atom is 0.113 e. The van der Waals surface area contributed by atoms with Crippen LogP contribution >= 0.6 is 0 Å². The Bertz CT molecular complexity index is 486. The third-order valence-electron chi connectivity index (χ3n) is 2.86. The van der Waals surface area contributed by atoms with E-state index in [1.165, 1.54) is 11.1 Å². The number of aryl methyl sites for hydroxylation is 2. The maximum absolute atomic E-state index is 5.80. The van der Waals surface area contributed by atoms with Gasteiger partial charge in [-0.1, -0.05) is 6.07 Å². The molecule has 2 N–H and O–H groups in total. The predicted molar refractivity (Wildman–Crippen MR) is 66.3 cm³/mol. The number of aromatic nitrogens is 2. The number of imidazole rings is 1. The number of rotatable bonds is 3. The molecule has 84 valence electrons. The topological polar surface area (TPSA) is 43.8 Å². The van der Waals surface area contributed by atoms with Crippen molar-refractivity contribution >= 4 is 5.69 Å². The number of nitrogen functional groups attached to an aromatic ring is 1. The second-order valence-corrected chi connectivity index (χ2v) is 3.99. The van der Waals surface area contributed by atoms with Gasteiger partial charge in [-0.15, -0.1) is 0 Å². The molecule has 0 fully saturated rings. The smallest absolute Gasteiger partial charge is 0.113 e. The zero-order chi connectivity index (χ0) is 11.5. The average molecular weight is 215 g/mol. The van der Waals surface area contributed by atoms with Crippen molar-refractivity contribution in [3.05, 3.63) is 47.5 Å². The van der Waals surface area contributed by atoms with Crippen LogP contribution < -0.4 is 5.73 Å². The number of nitrogens with two attached hydrogens (primary N) is 1. The lowest BCUT2D eigenvalue weighted by molar-refractivity contribution is 0.711. The fraction of sp³-hybridized carbons (Fsp3) is 0.308. The Hall–Kier alpha value is -1.77. The van der Waals surface area contributed by atoms with Crippen molar-refractivity contribution in [1.82, 2.24) is 9.55 Å². The summed E-state index contributed by atoms with van der Waals surface area (Å²) in [5.41, 5.74) is 9.13. The van der Waals surface area contributed by atoms with Crippen molar-refractivity contribution in [3.63, 3.8) is 0 Å². The Balaban J connectivity index is 2.30. The molecule has 0 radical (unpaired) electrons. The summed E-state index contributed by atoms with van der Waals surface area (Å²) in [6.45, 7) is 5.18. The maximum atomic E-state index is 5.80. The van der Waals surface area contributed by atoms with Gasteiger partial charge in [-0.05, 0) is 37.1 Å². The molecule has 1 aromatic carbocycles. The summed E-state index contributed by atoms with van der Waals surface area (Å²) in [6.07, 6.45) is 4.70. The zero-order valence-electron chi connectivity index (χ0n) is 9.77. The molecule has 2 rings (SSSR count). The van der Waals surface area contributed by atoms with Gasteiger partial charge in [0.25, 0.3) is 0 Å². The largest absolute Gasteiger partial charge is 0.399 e. The standard InChI is InChI=1S/C13H17N3/c1-3-16-7-6-15-13(16)9-11-8-12(14)5-4-10(11)2/h4-8H,3,9,14H2,1-2H3. The Morgan fingerprint density at radius 3 is 2.94 bits per heavy atom. The molecular weight excluding hydrogens is 198 g/mol. The van der Waals surface area contributed by atoms with Gasteiger partial charge in [-0.2, -0.15) is 0 Å². The van der Waals surface area contributed by atoms with E-state index in [0.717, 1.165) is 24.5 Å². The van der Waals surface area contributed by atoms with Gasteiger partial charge < -0.3 is 10.3 Å². The van der Waals surface area contributed by atoms with E-state index in [4.69, 9.17) is 5.73 Å². The van der Waals surface area contributed by atoms with Crippen molar-refractivity contribution in [2.24, 2.45) is 0 Å². The number of hydrogen-bond acceptors (Lipinski definition) is 2. The molecule has 16 heavy (non-hydrogen) atoms. The quantitative estimate of drug-likeness (QED) is 0.799. The van der Waals surface area contributed by atoms with Gasteiger partial charge in [0.2, 0.25) is 0 Å². The Morgan fingerprint density at radius 1 is 1.38 bits per heavy atom. The van der Waals surface area contributed by atoms with Gasteiger partial charge in [0.05, 0.1) is 0 Å². The predicted octanol–water partition coefficient (Wildman–Crippen LogP) is 2.38. The minimum atomic E-state index is 0.815. The summed E-state index contributed by atoms with van der Waals surface area (Å²) in [6, 6.07) is 6.03. The minimum absolute atomic E-state index is 0.815. The van der Waals surface area contributed by atoms with Crippen LogP contribution in [-0.2, 0) is 13.0 Å². The summed E-state index contributed by atoms with van der Waals surface area (Å²) in [7, 11) is 0. The molecule has 0 atom stereocenters. The molecule has 0 aliphatic rings. The molecule has 1 heterocycles. The molecule has 3 nitrogen and oxygen atoms in total. The molecule has 1 aromatic heterocycles. The Morgan fingerprint density at radius 2 is 2.19 bits per heavy atom. The first kappa shape index (κ1) is 10.7. The highest BCUT2D eigenvalue weighted by molar-refractivity contribution is 5.45. The van der Waals surface area contributed by atoms with Crippen molar-refractivity contribution < 1.29 is 0 Å². The number of anilines is 1. The minimum Gasteiger partial charge on any atom is -0.399 e. The lowest BCUT2D eigenvalue weighted by Gasteiger charge is -2.08. The van der Waals surface area contributed by atoms with E-state index in [1.54, 1.807) is 0 Å². The highest BCUT2D eigenvalue weighted by Crippen LogP contribution is 2.16. The SMILES string of the molecule is CCn1ccnc1Cc1cc(N)ccc1C. The summed E-state index contributed by atoms with van der Waals surface area (Å²) in [5, 5.41) is 0. The van der Waals surface area contributed by atoms with Crippen LogP contribution in [0.25, 0.3) is 0 Å². The first-order chi connectivity index (χ1) is 7.70.